The van der Waals surface area contributed by atoms with Gasteiger partial charge in [-0.1, -0.05) is 121 Å². The third-order valence-electron chi connectivity index (χ3n) is 9.26. The molecule has 0 radical (unpaired) electrons. The maximum absolute atomic E-state index is 10.1. The number of hydrogen-bond donors (Lipinski definition) is 0. The highest BCUT2D eigenvalue weighted by Gasteiger charge is 2.21. The lowest BCUT2D eigenvalue weighted by Crippen LogP contribution is -2.01. The summed E-state index contributed by atoms with van der Waals surface area (Å²) in [6, 6.07) is -0.942. The van der Waals surface area contributed by atoms with Crippen molar-refractivity contribution in [2.24, 2.45) is 0 Å². The summed E-state index contributed by atoms with van der Waals surface area (Å²) in [4.78, 5) is 0. The number of hydrogen-bond acceptors (Lipinski definition) is 0. The average molecular weight is 686 g/mol. The minimum atomic E-state index is -0.766. The fraction of sp³-hybridized carbons (Fsp3) is 0.0204. The molecule has 0 fully saturated rings. The van der Waals surface area contributed by atoms with Crippen LogP contribution in [0.1, 0.15) is 35.7 Å². The minimum absolute atomic E-state index is 0.00839. The topological polar surface area (TPSA) is 14.8 Å². The third kappa shape index (κ3) is 4.08. The van der Waals surface area contributed by atoms with E-state index in [9.17, 15) is 8.22 Å². The maximum Gasteiger partial charge on any atom is 0.0652 e. The number of para-hydroxylation sites is 6. The van der Waals surface area contributed by atoms with E-state index in [1.807, 2.05) is 0 Å². The van der Waals surface area contributed by atoms with Gasteiger partial charge in [0.1, 0.15) is 0 Å². The first-order valence-electron chi connectivity index (χ1n) is 27.2. The lowest BCUT2D eigenvalue weighted by Gasteiger charge is -2.18. The van der Waals surface area contributed by atoms with Crippen LogP contribution in [0.25, 0.3) is 93.6 Å². The second-order valence-corrected chi connectivity index (χ2v) is 12.1. The molecule has 0 saturated carbocycles. The first kappa shape index (κ1) is 14.8. The molecule has 0 aliphatic heterocycles. The fourth-order valence-electron chi connectivity index (χ4n) is 7.14. The highest BCUT2D eigenvalue weighted by molar-refractivity contribution is 6.13. The molecule has 3 nitrogen and oxygen atoms in total. The van der Waals surface area contributed by atoms with E-state index in [0.29, 0.717) is 0 Å². The fourth-order valence-corrected chi connectivity index (χ4v) is 7.14. The highest BCUT2D eigenvalue weighted by atomic mass is 15.0. The van der Waals surface area contributed by atoms with Crippen LogP contribution in [0.2, 0.25) is 0 Å². The smallest absolute Gasteiger partial charge is 0.0652 e. The van der Waals surface area contributed by atoms with Crippen LogP contribution in [-0.2, 0) is 0 Å². The van der Waals surface area contributed by atoms with Gasteiger partial charge in [-0.3, -0.25) is 0 Å². The van der Waals surface area contributed by atoms with Crippen molar-refractivity contribution in [3.8, 4) is 28.2 Å². The first-order valence-corrected chi connectivity index (χ1v) is 16.2. The van der Waals surface area contributed by atoms with Gasteiger partial charge in [0, 0.05) is 49.1 Å². The molecule has 3 heteroatoms. The van der Waals surface area contributed by atoms with Crippen LogP contribution in [0.3, 0.4) is 0 Å². The molecule has 0 spiro atoms. The van der Waals surface area contributed by atoms with E-state index in [4.69, 9.17) is 21.9 Å². The number of benzene rings is 8. The number of rotatable bonds is 4. The number of fused-ring (bicyclic) bond motifs is 9. The Bertz CT molecular complexity index is 4320. The molecular weight excluding hydrogens is 631 g/mol. The van der Waals surface area contributed by atoms with Crippen molar-refractivity contribution in [1.29, 1.82) is 0 Å². The van der Waals surface area contributed by atoms with Gasteiger partial charge in [0.25, 0.3) is 0 Å². The molecule has 0 bridgehead atoms. The molecule has 0 N–H and O–H groups in total. The zero-order valence-electron chi connectivity index (χ0n) is 49.0. The summed E-state index contributed by atoms with van der Waals surface area (Å²) >= 11 is 0. The summed E-state index contributed by atoms with van der Waals surface area (Å²) in [5, 5.41) is -1.39. The van der Waals surface area contributed by atoms with Gasteiger partial charge in [0.2, 0.25) is 0 Å². The third-order valence-corrected chi connectivity index (χ3v) is 9.26. The van der Waals surface area contributed by atoms with Gasteiger partial charge in [0.05, 0.1) is 74.6 Å². The summed E-state index contributed by atoms with van der Waals surface area (Å²) < 4.78 is 203. The summed E-state index contributed by atoms with van der Waals surface area (Å²) in [6.07, 6.45) is 0. The molecule has 8 aromatic carbocycles. The second kappa shape index (κ2) is 11.1. The normalized spacial score (nSPS) is 17.9. The lowest BCUT2D eigenvalue weighted by molar-refractivity contribution is 1.15. The quantitative estimate of drug-likeness (QED) is 0.175. The lowest BCUT2D eigenvalue weighted by atomic mass is 10.0. The molecule has 0 unspecified atom stereocenters. The summed E-state index contributed by atoms with van der Waals surface area (Å²) in [7, 11) is 0. The van der Waals surface area contributed by atoms with Gasteiger partial charge >= 0.3 is 0 Å². The predicted octanol–water partition coefficient (Wildman–Crippen LogP) is 13.0. The zero-order chi connectivity index (χ0) is 53.5. The molecule has 11 rings (SSSR count). The van der Waals surface area contributed by atoms with Gasteiger partial charge in [-0.2, -0.15) is 0 Å². The van der Waals surface area contributed by atoms with Gasteiger partial charge in [-0.25, -0.2) is 0 Å². The van der Waals surface area contributed by atoms with Crippen LogP contribution in [0, 0.1) is 6.92 Å². The monoisotopic (exact) mass is 685 g/mol. The van der Waals surface area contributed by atoms with Crippen LogP contribution in [0.4, 0.5) is 0 Å². The van der Waals surface area contributed by atoms with E-state index in [1.54, 1.807) is 48.5 Å². The summed E-state index contributed by atoms with van der Waals surface area (Å²) in [5.74, 6) is 0. The average Bonchev–Trinajstić information content (AvgIpc) is 4.07. The minimum Gasteiger partial charge on any atom is -0.309 e. The Kier molecular flexibility index (Phi) is 3.15. The Morgan fingerprint density at radius 3 is 1.29 bits per heavy atom. The molecule has 0 amide bonds. The van der Waals surface area contributed by atoms with Crippen LogP contribution in [0.5, 0.6) is 0 Å². The van der Waals surface area contributed by atoms with Crippen LogP contribution in [0.15, 0.2) is 181 Å². The van der Waals surface area contributed by atoms with Crippen LogP contribution < -0.4 is 0 Å². The largest absolute Gasteiger partial charge is 0.309 e. The van der Waals surface area contributed by atoms with Crippen molar-refractivity contribution in [2.45, 2.75) is 6.92 Å². The Labute approximate surface area is 331 Å². The van der Waals surface area contributed by atoms with Gasteiger partial charge in [-0.05, 0) is 73.4 Å². The van der Waals surface area contributed by atoms with Crippen molar-refractivity contribution in [3.05, 3.63) is 187 Å². The summed E-state index contributed by atoms with van der Waals surface area (Å²) in [5.41, 5.74) is -1.46. The SMILES string of the molecule is [2H]c1c([2H])c([2H])c2c(c1[2H])c1c([2H])c([2H])c([2H])c([2H])c1n2-c1ccccc1-c1ccccc1-n1c2c([2H])c([2H])c([2H])c([2H])c2c2c([2H])c(-n3c4c([2H])c([2H])c([2H])c([2H])c4c4c([2H])c(C)c([2H])c([2H])c43)c([2H])c([2H])c21. The molecule has 11 aromatic rings. The maximum atomic E-state index is 10.1. The Morgan fingerprint density at radius 2 is 0.750 bits per heavy atom. The standard InChI is InChI=1S/C49H33N3/c1-32-26-28-48-40(30-32)38-18-6-8-20-42(38)50(48)33-27-29-49-41(31-33)39-19-7-13-25-47(39)52(49)46-24-12-5-17-37(46)36-16-4-11-23-45(36)51-43-21-9-2-14-34(43)35-15-3-10-22-44(35)51/h2-31H,1H3/i2D,3D,6D,7D,8D,9D,10D,13D,14D,15D,18D,19D,20D,21D,22D,25D,26D,27D,28D,29D,30D,31D. The molecule has 52 heavy (non-hydrogen) atoms. The van der Waals surface area contributed by atoms with Gasteiger partial charge in [0.15, 0.2) is 0 Å². The first-order chi connectivity index (χ1) is 34.9. The molecule has 244 valence electrons. The summed E-state index contributed by atoms with van der Waals surface area (Å²) in [6.45, 7) is 1.40. The van der Waals surface area contributed by atoms with E-state index in [2.05, 4.69) is 0 Å². The predicted molar refractivity (Wildman–Crippen MR) is 220 cm³/mol. The van der Waals surface area contributed by atoms with E-state index in [0.717, 1.165) is 4.57 Å². The second-order valence-electron chi connectivity index (χ2n) is 12.1. The van der Waals surface area contributed by atoms with Gasteiger partial charge in [-0.15, -0.1) is 0 Å². The van der Waals surface area contributed by atoms with Crippen molar-refractivity contribution in [3.63, 3.8) is 0 Å². The molecule has 3 aromatic heterocycles. The van der Waals surface area contributed by atoms with Crippen molar-refractivity contribution in [2.75, 3.05) is 0 Å². The molecule has 0 aliphatic carbocycles. The molecule has 3 heterocycles. The Hall–Kier alpha value is -6.84. The number of aromatic nitrogens is 3. The molecule has 0 aliphatic rings. The molecular formula is C49H33N3. The van der Waals surface area contributed by atoms with Crippen LogP contribution in [-0.4, -0.2) is 13.7 Å². The Balaban J connectivity index is 1.32. The van der Waals surface area contributed by atoms with Crippen molar-refractivity contribution < 1.29 is 30.2 Å². The van der Waals surface area contributed by atoms with E-state index < -0.39 is 133 Å². The van der Waals surface area contributed by atoms with Crippen molar-refractivity contribution in [1.82, 2.24) is 13.7 Å². The zero-order valence-corrected chi connectivity index (χ0v) is 27.0. The van der Waals surface area contributed by atoms with Gasteiger partial charge < -0.3 is 13.7 Å². The molecule has 0 saturated heterocycles. The van der Waals surface area contributed by atoms with Crippen LogP contribution >= 0.6 is 0 Å². The van der Waals surface area contributed by atoms with E-state index in [-0.39, 0.29) is 99.5 Å². The van der Waals surface area contributed by atoms with E-state index >= 15 is 0 Å². The van der Waals surface area contributed by atoms with E-state index in [1.165, 1.54) is 16.1 Å². The highest BCUT2D eigenvalue weighted by Crippen LogP contribution is 2.41. The van der Waals surface area contributed by atoms with Crippen molar-refractivity contribution >= 4 is 65.4 Å². The Morgan fingerprint density at radius 1 is 0.365 bits per heavy atom. The number of nitrogens with zero attached hydrogens (tertiary/aromatic N) is 3. The molecule has 0 atom stereocenters.